The fraction of sp³-hybridized carbons (Fsp3) is 0.538. The van der Waals surface area contributed by atoms with Crippen molar-refractivity contribution in [1.29, 1.82) is 0 Å². The summed E-state index contributed by atoms with van der Waals surface area (Å²) in [6.07, 6.45) is 0. The predicted octanol–water partition coefficient (Wildman–Crippen LogP) is 2.64. The van der Waals surface area contributed by atoms with E-state index in [0.29, 0.717) is 12.5 Å². The van der Waals surface area contributed by atoms with E-state index in [-0.39, 0.29) is 5.54 Å². The Morgan fingerprint density at radius 2 is 2.21 bits per heavy atom. The lowest BCUT2D eigenvalue weighted by Crippen LogP contribution is -2.35. The Morgan fingerprint density at radius 1 is 1.42 bits per heavy atom. The predicted molar refractivity (Wildman–Crippen MR) is 76.4 cm³/mol. The van der Waals surface area contributed by atoms with Crippen LogP contribution in [0.25, 0.3) is 0 Å². The average Bonchev–Trinajstić information content (AvgIpc) is 2.92. The van der Waals surface area contributed by atoms with Gasteiger partial charge in [-0.3, -0.25) is 5.10 Å². The number of hydrogen-bond acceptors (Lipinski definition) is 5. The molecule has 0 aromatic carbocycles. The fourth-order valence-electron chi connectivity index (χ4n) is 1.45. The zero-order valence-corrected chi connectivity index (χ0v) is 12.6. The Hall–Kier alpha value is -1.40. The molecule has 0 amide bonds. The smallest absolute Gasteiger partial charge is 0.233 e. The van der Waals surface area contributed by atoms with Crippen LogP contribution in [-0.2, 0) is 13.2 Å². The molecule has 0 saturated carbocycles. The lowest BCUT2D eigenvalue weighted by atomic mass is 10.1. The van der Waals surface area contributed by atoms with E-state index in [1.165, 1.54) is 0 Å². The largest absolute Gasteiger partial charge is 0.470 e. The van der Waals surface area contributed by atoms with Crippen molar-refractivity contribution in [3.8, 4) is 5.88 Å². The molecule has 2 rings (SSSR count). The van der Waals surface area contributed by atoms with Crippen molar-refractivity contribution in [1.82, 2.24) is 20.5 Å². The number of nitrogens with zero attached hydrogens (tertiary/aromatic N) is 2. The molecule has 2 aromatic rings. The molecule has 2 N–H and O–H groups in total. The van der Waals surface area contributed by atoms with Gasteiger partial charge in [0.15, 0.2) is 0 Å². The highest BCUT2D eigenvalue weighted by molar-refractivity contribution is 7.09. The molecule has 0 spiro atoms. The van der Waals surface area contributed by atoms with Crippen molar-refractivity contribution in [3.05, 3.63) is 27.8 Å². The third-order valence-corrected chi connectivity index (χ3v) is 3.32. The SMILES string of the molecule is Cc1cc(OCc2csc(CNC(C)(C)C)n2)n[nH]1. The first-order valence-corrected chi connectivity index (χ1v) is 7.13. The number of ether oxygens (including phenoxy) is 1. The standard InChI is InChI=1S/C13H20N4OS/c1-9-5-11(17-16-9)18-7-10-8-19-12(15-10)6-14-13(2,3)4/h5,8,14H,6-7H2,1-4H3,(H,16,17). The number of hydrogen-bond donors (Lipinski definition) is 2. The molecule has 0 aliphatic rings. The van der Waals surface area contributed by atoms with Crippen LogP contribution in [0.3, 0.4) is 0 Å². The van der Waals surface area contributed by atoms with Gasteiger partial charge < -0.3 is 10.1 Å². The summed E-state index contributed by atoms with van der Waals surface area (Å²) >= 11 is 1.65. The van der Waals surface area contributed by atoms with Gasteiger partial charge in [-0.15, -0.1) is 16.4 Å². The van der Waals surface area contributed by atoms with E-state index in [9.17, 15) is 0 Å². The van der Waals surface area contributed by atoms with Crippen LogP contribution in [0, 0.1) is 6.92 Å². The number of aromatic amines is 1. The maximum Gasteiger partial charge on any atom is 0.233 e. The second kappa shape index (κ2) is 5.71. The molecule has 0 saturated heterocycles. The lowest BCUT2D eigenvalue weighted by Gasteiger charge is -2.19. The fourth-order valence-corrected chi connectivity index (χ4v) is 2.17. The highest BCUT2D eigenvalue weighted by Gasteiger charge is 2.10. The number of aromatic nitrogens is 3. The van der Waals surface area contributed by atoms with E-state index in [1.807, 2.05) is 18.4 Å². The lowest BCUT2D eigenvalue weighted by molar-refractivity contribution is 0.289. The van der Waals surface area contributed by atoms with E-state index in [0.717, 1.165) is 22.9 Å². The van der Waals surface area contributed by atoms with Gasteiger partial charge in [-0.2, -0.15) is 0 Å². The van der Waals surface area contributed by atoms with Gasteiger partial charge in [0.05, 0.1) is 5.69 Å². The van der Waals surface area contributed by atoms with Gasteiger partial charge in [-0.05, 0) is 27.7 Å². The Morgan fingerprint density at radius 3 is 2.84 bits per heavy atom. The molecule has 104 valence electrons. The number of rotatable bonds is 5. The summed E-state index contributed by atoms with van der Waals surface area (Å²) in [5, 5.41) is 13.4. The van der Waals surface area contributed by atoms with Crippen LogP contribution in [0.4, 0.5) is 0 Å². The van der Waals surface area contributed by atoms with Crippen LogP contribution in [0.15, 0.2) is 11.4 Å². The normalized spacial score (nSPS) is 11.8. The molecule has 19 heavy (non-hydrogen) atoms. The van der Waals surface area contributed by atoms with Gasteiger partial charge in [-0.25, -0.2) is 4.98 Å². The van der Waals surface area contributed by atoms with Gasteiger partial charge >= 0.3 is 0 Å². The van der Waals surface area contributed by atoms with Crippen LogP contribution in [0.2, 0.25) is 0 Å². The molecule has 0 aliphatic heterocycles. The van der Waals surface area contributed by atoms with Crippen molar-refractivity contribution < 1.29 is 4.74 Å². The summed E-state index contributed by atoms with van der Waals surface area (Å²) < 4.78 is 5.55. The molecular weight excluding hydrogens is 260 g/mol. The van der Waals surface area contributed by atoms with Gasteiger partial charge in [0.1, 0.15) is 11.6 Å². The van der Waals surface area contributed by atoms with Gasteiger partial charge in [0, 0.05) is 29.2 Å². The molecular formula is C13H20N4OS. The second-order valence-electron chi connectivity index (χ2n) is 5.51. The van der Waals surface area contributed by atoms with Crippen molar-refractivity contribution in [2.45, 2.75) is 46.4 Å². The van der Waals surface area contributed by atoms with Gasteiger partial charge in [0.25, 0.3) is 0 Å². The first-order chi connectivity index (χ1) is 8.92. The van der Waals surface area contributed by atoms with Crippen LogP contribution in [0.5, 0.6) is 5.88 Å². The molecule has 2 heterocycles. The first kappa shape index (κ1) is 14.0. The molecule has 5 nitrogen and oxygen atoms in total. The Kier molecular flexibility index (Phi) is 4.21. The number of aryl methyl sites for hydroxylation is 1. The van der Waals surface area contributed by atoms with Crippen LogP contribution >= 0.6 is 11.3 Å². The highest BCUT2D eigenvalue weighted by atomic mass is 32.1. The van der Waals surface area contributed by atoms with Crippen molar-refractivity contribution in [3.63, 3.8) is 0 Å². The van der Waals surface area contributed by atoms with Gasteiger partial charge in [-0.1, -0.05) is 0 Å². The molecule has 0 bridgehead atoms. The van der Waals surface area contributed by atoms with E-state index in [2.05, 4.69) is 41.3 Å². The molecule has 0 aliphatic carbocycles. The molecule has 0 unspecified atom stereocenters. The molecule has 2 aromatic heterocycles. The number of nitrogens with one attached hydrogen (secondary N) is 2. The first-order valence-electron chi connectivity index (χ1n) is 6.25. The quantitative estimate of drug-likeness (QED) is 0.884. The monoisotopic (exact) mass is 280 g/mol. The second-order valence-corrected chi connectivity index (χ2v) is 6.46. The summed E-state index contributed by atoms with van der Waals surface area (Å²) in [6, 6.07) is 1.87. The van der Waals surface area contributed by atoms with E-state index in [1.54, 1.807) is 11.3 Å². The van der Waals surface area contributed by atoms with E-state index in [4.69, 9.17) is 4.74 Å². The third-order valence-electron chi connectivity index (χ3n) is 2.42. The topological polar surface area (TPSA) is 62.8 Å². The maximum atomic E-state index is 5.55. The summed E-state index contributed by atoms with van der Waals surface area (Å²) in [5.74, 6) is 0.611. The third kappa shape index (κ3) is 4.65. The summed E-state index contributed by atoms with van der Waals surface area (Å²) in [4.78, 5) is 4.53. The molecule has 0 atom stereocenters. The average molecular weight is 280 g/mol. The summed E-state index contributed by atoms with van der Waals surface area (Å²) in [6.45, 7) is 9.62. The van der Waals surface area contributed by atoms with E-state index < -0.39 is 0 Å². The Labute approximate surface area is 117 Å². The number of H-pyrrole nitrogens is 1. The minimum Gasteiger partial charge on any atom is -0.470 e. The molecule has 6 heteroatoms. The molecule has 0 radical (unpaired) electrons. The van der Waals surface area contributed by atoms with Crippen molar-refractivity contribution in [2.75, 3.05) is 0 Å². The maximum absolute atomic E-state index is 5.55. The highest BCUT2D eigenvalue weighted by Crippen LogP contribution is 2.14. The zero-order valence-electron chi connectivity index (χ0n) is 11.8. The minimum absolute atomic E-state index is 0.106. The summed E-state index contributed by atoms with van der Waals surface area (Å²) in [7, 11) is 0. The zero-order chi connectivity index (χ0) is 13.9. The van der Waals surface area contributed by atoms with Crippen LogP contribution in [-0.4, -0.2) is 20.7 Å². The van der Waals surface area contributed by atoms with Gasteiger partial charge in [0.2, 0.25) is 5.88 Å². The van der Waals surface area contributed by atoms with Crippen LogP contribution in [0.1, 0.15) is 37.2 Å². The minimum atomic E-state index is 0.106. The number of thiazole rings is 1. The van der Waals surface area contributed by atoms with E-state index >= 15 is 0 Å². The summed E-state index contributed by atoms with van der Waals surface area (Å²) in [5.41, 5.74) is 2.04. The Balaban J connectivity index is 1.84. The van der Waals surface area contributed by atoms with Crippen molar-refractivity contribution >= 4 is 11.3 Å². The van der Waals surface area contributed by atoms with Crippen molar-refractivity contribution in [2.24, 2.45) is 0 Å². The molecule has 0 fully saturated rings. The Bertz CT molecular complexity index is 527. The van der Waals surface area contributed by atoms with Crippen LogP contribution < -0.4 is 10.1 Å².